The number of aromatic nitrogens is 3. The SMILES string of the molecule is OCCCn1cc(CNC2C3C4CCC(C4)C23)nn1. The summed E-state index contributed by atoms with van der Waals surface area (Å²) in [6, 6.07) is 0.758. The van der Waals surface area contributed by atoms with Crippen LogP contribution in [0.3, 0.4) is 0 Å². The zero-order chi connectivity index (χ0) is 12.8. The average molecular weight is 262 g/mol. The minimum absolute atomic E-state index is 0.210. The number of hydrogen-bond donors (Lipinski definition) is 2. The molecule has 1 aromatic rings. The van der Waals surface area contributed by atoms with E-state index in [0.717, 1.165) is 54.9 Å². The summed E-state index contributed by atoms with van der Waals surface area (Å²) in [5, 5.41) is 20.7. The van der Waals surface area contributed by atoms with Crippen LogP contribution >= 0.6 is 0 Å². The molecule has 4 unspecified atom stereocenters. The number of aryl methyl sites for hydroxylation is 1. The predicted octanol–water partition coefficient (Wildman–Crippen LogP) is 0.795. The molecule has 1 aromatic heterocycles. The lowest BCUT2D eigenvalue weighted by atomic mass is 10.0. The Morgan fingerprint density at radius 2 is 2.11 bits per heavy atom. The van der Waals surface area contributed by atoms with Gasteiger partial charge in [0.25, 0.3) is 0 Å². The van der Waals surface area contributed by atoms with E-state index >= 15 is 0 Å². The lowest BCUT2D eigenvalue weighted by Crippen LogP contribution is -2.22. The Morgan fingerprint density at radius 3 is 2.84 bits per heavy atom. The largest absolute Gasteiger partial charge is 0.396 e. The second-order valence-corrected chi connectivity index (χ2v) is 6.44. The molecule has 19 heavy (non-hydrogen) atoms. The van der Waals surface area contributed by atoms with Crippen molar-refractivity contribution in [2.24, 2.45) is 23.7 Å². The maximum absolute atomic E-state index is 8.79. The molecule has 1 heterocycles. The van der Waals surface area contributed by atoms with E-state index in [1.807, 2.05) is 10.9 Å². The van der Waals surface area contributed by atoms with Gasteiger partial charge in [-0.25, -0.2) is 0 Å². The smallest absolute Gasteiger partial charge is 0.0964 e. The Morgan fingerprint density at radius 1 is 1.32 bits per heavy atom. The fraction of sp³-hybridized carbons (Fsp3) is 0.857. The zero-order valence-corrected chi connectivity index (χ0v) is 11.2. The highest BCUT2D eigenvalue weighted by atomic mass is 16.3. The Labute approximate surface area is 113 Å². The van der Waals surface area contributed by atoms with Gasteiger partial charge < -0.3 is 10.4 Å². The topological polar surface area (TPSA) is 63.0 Å². The normalized spacial score (nSPS) is 38.7. The van der Waals surface area contributed by atoms with Crippen LogP contribution in [0.4, 0.5) is 0 Å². The van der Waals surface area contributed by atoms with Gasteiger partial charge in [-0.1, -0.05) is 5.21 Å². The van der Waals surface area contributed by atoms with Crippen molar-refractivity contribution in [2.75, 3.05) is 6.61 Å². The van der Waals surface area contributed by atoms with E-state index in [1.54, 1.807) is 0 Å². The molecule has 0 amide bonds. The summed E-state index contributed by atoms with van der Waals surface area (Å²) in [4.78, 5) is 0. The Hall–Kier alpha value is -0.940. The molecule has 0 aliphatic heterocycles. The van der Waals surface area contributed by atoms with Gasteiger partial charge in [-0.3, -0.25) is 4.68 Å². The van der Waals surface area contributed by atoms with Crippen molar-refractivity contribution in [3.63, 3.8) is 0 Å². The molecule has 4 rings (SSSR count). The van der Waals surface area contributed by atoms with Crippen molar-refractivity contribution in [2.45, 2.75) is 44.8 Å². The molecule has 5 heteroatoms. The summed E-state index contributed by atoms with van der Waals surface area (Å²) < 4.78 is 1.82. The molecular formula is C14H22N4O. The summed E-state index contributed by atoms with van der Waals surface area (Å²) in [6.07, 6.45) is 7.19. The molecule has 0 aromatic carbocycles. The van der Waals surface area contributed by atoms with Crippen LogP contribution in [-0.4, -0.2) is 32.7 Å². The molecule has 3 saturated carbocycles. The highest BCUT2D eigenvalue weighted by molar-refractivity contribution is 5.17. The number of aliphatic hydroxyl groups is 1. The highest BCUT2D eigenvalue weighted by Crippen LogP contribution is 2.65. The zero-order valence-electron chi connectivity index (χ0n) is 11.2. The van der Waals surface area contributed by atoms with Gasteiger partial charge in [-0.2, -0.15) is 0 Å². The quantitative estimate of drug-likeness (QED) is 0.796. The van der Waals surface area contributed by atoms with E-state index < -0.39 is 0 Å². The molecule has 104 valence electrons. The number of aliphatic hydroxyl groups excluding tert-OH is 1. The first-order valence-corrected chi connectivity index (χ1v) is 7.60. The fourth-order valence-electron chi connectivity index (χ4n) is 4.58. The second kappa shape index (κ2) is 4.56. The maximum Gasteiger partial charge on any atom is 0.0964 e. The number of rotatable bonds is 6. The molecule has 2 N–H and O–H groups in total. The molecule has 0 saturated heterocycles. The van der Waals surface area contributed by atoms with Crippen molar-refractivity contribution < 1.29 is 5.11 Å². The number of nitrogens with zero attached hydrogens (tertiary/aromatic N) is 3. The Balaban J connectivity index is 1.28. The van der Waals surface area contributed by atoms with Gasteiger partial charge in [0.05, 0.1) is 5.69 Å². The first kappa shape index (κ1) is 11.9. The van der Waals surface area contributed by atoms with Gasteiger partial charge in [0.1, 0.15) is 0 Å². The minimum Gasteiger partial charge on any atom is -0.396 e. The van der Waals surface area contributed by atoms with Crippen LogP contribution in [0.1, 0.15) is 31.4 Å². The molecule has 5 nitrogen and oxygen atoms in total. The summed E-state index contributed by atoms with van der Waals surface area (Å²) in [5.41, 5.74) is 1.02. The van der Waals surface area contributed by atoms with Crippen LogP contribution < -0.4 is 5.32 Å². The molecule has 0 spiro atoms. The van der Waals surface area contributed by atoms with Gasteiger partial charge >= 0.3 is 0 Å². The summed E-state index contributed by atoms with van der Waals surface area (Å²) in [5.74, 6) is 3.99. The van der Waals surface area contributed by atoms with E-state index in [1.165, 1.54) is 19.3 Å². The minimum atomic E-state index is 0.210. The van der Waals surface area contributed by atoms with Gasteiger partial charge in [0, 0.05) is 31.9 Å². The lowest BCUT2D eigenvalue weighted by molar-refractivity contribution is 0.276. The van der Waals surface area contributed by atoms with Crippen LogP contribution in [0.2, 0.25) is 0 Å². The number of hydrogen-bond acceptors (Lipinski definition) is 4. The predicted molar refractivity (Wildman–Crippen MR) is 70.2 cm³/mol. The fourth-order valence-corrected chi connectivity index (χ4v) is 4.58. The second-order valence-electron chi connectivity index (χ2n) is 6.44. The van der Waals surface area contributed by atoms with E-state index in [0.29, 0.717) is 0 Å². The van der Waals surface area contributed by atoms with Crippen molar-refractivity contribution in [1.29, 1.82) is 0 Å². The van der Waals surface area contributed by atoms with Crippen molar-refractivity contribution in [3.8, 4) is 0 Å². The molecule has 3 aliphatic carbocycles. The van der Waals surface area contributed by atoms with Gasteiger partial charge in [0.2, 0.25) is 0 Å². The van der Waals surface area contributed by atoms with Crippen LogP contribution in [0, 0.1) is 23.7 Å². The monoisotopic (exact) mass is 262 g/mol. The van der Waals surface area contributed by atoms with Gasteiger partial charge in [0.15, 0.2) is 0 Å². The van der Waals surface area contributed by atoms with E-state index in [-0.39, 0.29) is 6.61 Å². The van der Waals surface area contributed by atoms with E-state index in [2.05, 4.69) is 15.6 Å². The lowest BCUT2D eigenvalue weighted by Gasteiger charge is -2.08. The first-order chi connectivity index (χ1) is 9.36. The third-order valence-electron chi connectivity index (χ3n) is 5.39. The molecule has 4 atom stereocenters. The van der Waals surface area contributed by atoms with E-state index in [4.69, 9.17) is 5.11 Å². The molecule has 3 aliphatic rings. The van der Waals surface area contributed by atoms with Crippen LogP contribution in [0.15, 0.2) is 6.20 Å². The van der Waals surface area contributed by atoms with Gasteiger partial charge in [-0.05, 0) is 49.4 Å². The van der Waals surface area contributed by atoms with Crippen LogP contribution in [-0.2, 0) is 13.1 Å². The third-order valence-corrected chi connectivity index (χ3v) is 5.39. The van der Waals surface area contributed by atoms with Gasteiger partial charge in [-0.15, -0.1) is 5.10 Å². The van der Waals surface area contributed by atoms with E-state index in [9.17, 15) is 0 Å². The van der Waals surface area contributed by atoms with Crippen molar-refractivity contribution in [3.05, 3.63) is 11.9 Å². The standard InChI is InChI=1S/C14H22N4O/c19-5-1-4-18-8-11(16-17-18)7-15-14-12-9-2-3-10(6-9)13(12)14/h8-10,12-15,19H,1-7H2. The third kappa shape index (κ3) is 1.99. The summed E-state index contributed by atoms with van der Waals surface area (Å²) in [7, 11) is 0. The molecule has 3 fully saturated rings. The van der Waals surface area contributed by atoms with Crippen LogP contribution in [0.25, 0.3) is 0 Å². The molecule has 0 radical (unpaired) electrons. The average Bonchev–Trinajstić information content (AvgIpc) is 2.83. The summed E-state index contributed by atoms with van der Waals surface area (Å²) >= 11 is 0. The molecular weight excluding hydrogens is 240 g/mol. The molecule has 2 bridgehead atoms. The van der Waals surface area contributed by atoms with Crippen molar-refractivity contribution in [1.82, 2.24) is 20.3 Å². The Bertz CT molecular complexity index is 444. The maximum atomic E-state index is 8.79. The van der Waals surface area contributed by atoms with Crippen LogP contribution in [0.5, 0.6) is 0 Å². The highest BCUT2D eigenvalue weighted by Gasteiger charge is 2.64. The number of nitrogens with one attached hydrogen (secondary N) is 1. The van der Waals surface area contributed by atoms with Crippen molar-refractivity contribution >= 4 is 0 Å². The first-order valence-electron chi connectivity index (χ1n) is 7.60. The Kier molecular flexibility index (Phi) is 2.84. The number of fused-ring (bicyclic) bond motifs is 5. The summed E-state index contributed by atoms with van der Waals surface area (Å²) in [6.45, 7) is 1.81.